The molecule has 28 heavy (non-hydrogen) atoms. The molecule has 0 amide bonds. The molecule has 1 fully saturated rings. The van der Waals surface area contributed by atoms with Crippen LogP contribution in [-0.4, -0.2) is 60.7 Å². The summed E-state index contributed by atoms with van der Waals surface area (Å²) in [4.78, 5) is 4.25. The number of hydrogen-bond donors (Lipinski definition) is 2. The standard InChI is InChI=1S/C19H28N6O2.HI/c1-20-19(21-9-5-10-26-13-16-8-11-27-14-16)22-12-18-24-23-15-25(18)17-6-3-2-4-7-17;/h2-4,6-7,15-16H,5,8-14H2,1H3,(H2,20,21,22);1H. The maximum Gasteiger partial charge on any atom is 0.191 e. The number of aliphatic imine (C=N–C) groups is 1. The van der Waals surface area contributed by atoms with E-state index in [1.165, 1.54) is 0 Å². The number of nitrogens with one attached hydrogen (secondary N) is 2. The van der Waals surface area contributed by atoms with Crippen LogP contribution in [0.3, 0.4) is 0 Å². The van der Waals surface area contributed by atoms with Gasteiger partial charge in [0.2, 0.25) is 0 Å². The van der Waals surface area contributed by atoms with Crippen LogP contribution in [0.15, 0.2) is 41.7 Å². The average Bonchev–Trinajstić information content (AvgIpc) is 3.39. The van der Waals surface area contributed by atoms with E-state index in [0.717, 1.165) is 63.3 Å². The number of nitrogens with zero attached hydrogens (tertiary/aromatic N) is 4. The van der Waals surface area contributed by atoms with Gasteiger partial charge in [-0.2, -0.15) is 0 Å². The number of guanidine groups is 1. The molecule has 0 saturated carbocycles. The second-order valence-electron chi connectivity index (χ2n) is 6.46. The molecule has 1 aliphatic rings. The molecule has 2 N–H and O–H groups in total. The summed E-state index contributed by atoms with van der Waals surface area (Å²) in [6.07, 6.45) is 3.76. The molecule has 1 unspecified atom stereocenters. The van der Waals surface area contributed by atoms with Gasteiger partial charge in [0.25, 0.3) is 0 Å². The first kappa shape index (κ1) is 22.6. The molecule has 1 atom stereocenters. The summed E-state index contributed by atoms with van der Waals surface area (Å²) >= 11 is 0. The molecule has 0 spiro atoms. The highest BCUT2D eigenvalue weighted by Gasteiger charge is 2.15. The van der Waals surface area contributed by atoms with Crippen LogP contribution in [0.1, 0.15) is 18.7 Å². The summed E-state index contributed by atoms with van der Waals surface area (Å²) in [5.74, 6) is 2.13. The Morgan fingerprint density at radius 2 is 2.18 bits per heavy atom. The smallest absolute Gasteiger partial charge is 0.191 e. The fourth-order valence-electron chi connectivity index (χ4n) is 2.91. The van der Waals surface area contributed by atoms with E-state index in [-0.39, 0.29) is 24.0 Å². The van der Waals surface area contributed by atoms with Gasteiger partial charge in [-0.1, -0.05) is 18.2 Å². The molecule has 2 aromatic rings. The molecule has 1 aliphatic heterocycles. The van der Waals surface area contributed by atoms with Crippen molar-refractivity contribution < 1.29 is 9.47 Å². The zero-order valence-corrected chi connectivity index (χ0v) is 18.5. The summed E-state index contributed by atoms with van der Waals surface area (Å²) in [5, 5.41) is 14.8. The first-order valence-corrected chi connectivity index (χ1v) is 9.41. The number of hydrogen-bond acceptors (Lipinski definition) is 5. The predicted molar refractivity (Wildman–Crippen MR) is 119 cm³/mol. The summed E-state index contributed by atoms with van der Waals surface area (Å²) in [7, 11) is 1.76. The third kappa shape index (κ3) is 7.02. The molecule has 1 aromatic heterocycles. The van der Waals surface area contributed by atoms with E-state index in [2.05, 4.69) is 25.8 Å². The zero-order valence-electron chi connectivity index (χ0n) is 16.2. The molecule has 3 rings (SSSR count). The summed E-state index contributed by atoms with van der Waals surface area (Å²) in [6.45, 7) is 4.57. The Morgan fingerprint density at radius 1 is 1.32 bits per heavy atom. The van der Waals surface area contributed by atoms with Crippen molar-refractivity contribution in [1.82, 2.24) is 25.4 Å². The first-order valence-electron chi connectivity index (χ1n) is 9.41. The van der Waals surface area contributed by atoms with Crippen molar-refractivity contribution in [2.24, 2.45) is 10.9 Å². The lowest BCUT2D eigenvalue weighted by atomic mass is 10.1. The van der Waals surface area contributed by atoms with Gasteiger partial charge in [0.1, 0.15) is 6.33 Å². The maximum atomic E-state index is 5.71. The van der Waals surface area contributed by atoms with Crippen molar-refractivity contribution in [3.63, 3.8) is 0 Å². The van der Waals surface area contributed by atoms with Crippen molar-refractivity contribution in [2.45, 2.75) is 19.4 Å². The minimum Gasteiger partial charge on any atom is -0.381 e. The first-order chi connectivity index (χ1) is 13.4. The lowest BCUT2D eigenvalue weighted by Gasteiger charge is -2.13. The lowest BCUT2D eigenvalue weighted by molar-refractivity contribution is 0.0888. The van der Waals surface area contributed by atoms with Crippen molar-refractivity contribution >= 4 is 29.9 Å². The largest absolute Gasteiger partial charge is 0.381 e. The van der Waals surface area contributed by atoms with Gasteiger partial charge >= 0.3 is 0 Å². The Morgan fingerprint density at radius 3 is 2.93 bits per heavy atom. The quantitative estimate of drug-likeness (QED) is 0.237. The third-order valence-electron chi connectivity index (χ3n) is 4.43. The van der Waals surface area contributed by atoms with Crippen LogP contribution in [0.25, 0.3) is 5.69 Å². The monoisotopic (exact) mass is 500 g/mol. The summed E-state index contributed by atoms with van der Waals surface area (Å²) in [5.41, 5.74) is 1.03. The predicted octanol–water partition coefficient (Wildman–Crippen LogP) is 1.99. The average molecular weight is 500 g/mol. The number of aromatic nitrogens is 3. The van der Waals surface area contributed by atoms with Crippen LogP contribution < -0.4 is 10.6 Å². The molecular formula is C19H29IN6O2. The number of benzene rings is 1. The fourth-order valence-corrected chi connectivity index (χ4v) is 2.91. The van der Waals surface area contributed by atoms with E-state index in [1.807, 2.05) is 34.9 Å². The van der Waals surface area contributed by atoms with Gasteiger partial charge in [0.15, 0.2) is 11.8 Å². The van der Waals surface area contributed by atoms with Crippen molar-refractivity contribution in [1.29, 1.82) is 0 Å². The summed E-state index contributed by atoms with van der Waals surface area (Å²) in [6, 6.07) is 10.0. The van der Waals surface area contributed by atoms with Gasteiger partial charge in [-0.05, 0) is 25.0 Å². The van der Waals surface area contributed by atoms with E-state index in [1.54, 1.807) is 13.4 Å². The fraction of sp³-hybridized carbons (Fsp3) is 0.526. The molecule has 0 bridgehead atoms. The molecule has 2 heterocycles. The molecule has 0 aliphatic carbocycles. The van der Waals surface area contributed by atoms with Crippen molar-refractivity contribution in [3.05, 3.63) is 42.5 Å². The number of para-hydroxylation sites is 1. The second-order valence-corrected chi connectivity index (χ2v) is 6.46. The Balaban J connectivity index is 0.00000280. The van der Waals surface area contributed by atoms with Crippen LogP contribution >= 0.6 is 24.0 Å². The number of rotatable bonds is 9. The van der Waals surface area contributed by atoms with Gasteiger partial charge < -0.3 is 20.1 Å². The molecule has 9 heteroatoms. The second kappa shape index (κ2) is 12.7. The van der Waals surface area contributed by atoms with Crippen molar-refractivity contribution in [3.8, 4) is 5.69 Å². The highest BCUT2D eigenvalue weighted by atomic mass is 127. The lowest BCUT2D eigenvalue weighted by Crippen LogP contribution is -2.38. The Hall–Kier alpha value is -1.72. The summed E-state index contributed by atoms with van der Waals surface area (Å²) < 4.78 is 13.0. The van der Waals surface area contributed by atoms with E-state index < -0.39 is 0 Å². The minimum absolute atomic E-state index is 0. The normalized spacial score (nSPS) is 16.6. The Kier molecular flexibility index (Phi) is 10.2. The molecule has 154 valence electrons. The van der Waals surface area contributed by atoms with Crippen LogP contribution in [0.4, 0.5) is 0 Å². The van der Waals surface area contributed by atoms with Gasteiger partial charge in [-0.15, -0.1) is 34.2 Å². The molecule has 8 nitrogen and oxygen atoms in total. The van der Waals surface area contributed by atoms with Crippen LogP contribution in [-0.2, 0) is 16.0 Å². The molecule has 0 radical (unpaired) electrons. The van der Waals surface area contributed by atoms with Crippen LogP contribution in [0.2, 0.25) is 0 Å². The SMILES string of the molecule is CN=C(NCCCOCC1CCOC1)NCc1nncn1-c1ccccc1.I. The topological polar surface area (TPSA) is 85.6 Å². The molecule has 1 saturated heterocycles. The Labute approximate surface area is 183 Å². The molecular weight excluding hydrogens is 471 g/mol. The Bertz CT molecular complexity index is 703. The number of halogens is 1. The minimum atomic E-state index is 0. The van der Waals surface area contributed by atoms with Gasteiger partial charge in [-0.3, -0.25) is 9.56 Å². The van der Waals surface area contributed by atoms with Crippen LogP contribution in [0, 0.1) is 5.92 Å². The van der Waals surface area contributed by atoms with Crippen molar-refractivity contribution in [2.75, 3.05) is 40.0 Å². The highest BCUT2D eigenvalue weighted by molar-refractivity contribution is 14.0. The van der Waals surface area contributed by atoms with Gasteiger partial charge in [-0.25, -0.2) is 0 Å². The van der Waals surface area contributed by atoms with Crippen LogP contribution in [0.5, 0.6) is 0 Å². The third-order valence-corrected chi connectivity index (χ3v) is 4.43. The van der Waals surface area contributed by atoms with Gasteiger partial charge in [0, 0.05) is 38.4 Å². The van der Waals surface area contributed by atoms with E-state index >= 15 is 0 Å². The van der Waals surface area contributed by atoms with E-state index in [4.69, 9.17) is 9.47 Å². The van der Waals surface area contributed by atoms with E-state index in [0.29, 0.717) is 12.5 Å². The number of ether oxygens (including phenoxy) is 2. The highest BCUT2D eigenvalue weighted by Crippen LogP contribution is 2.12. The maximum absolute atomic E-state index is 5.71. The van der Waals surface area contributed by atoms with E-state index in [9.17, 15) is 0 Å². The molecule has 1 aromatic carbocycles. The zero-order chi connectivity index (χ0) is 18.7. The van der Waals surface area contributed by atoms with Gasteiger partial charge in [0.05, 0.1) is 19.8 Å².